The smallest absolute Gasteiger partial charge is 0.255 e. The van der Waals surface area contributed by atoms with Crippen LogP contribution in [-0.2, 0) is 16.3 Å². The summed E-state index contributed by atoms with van der Waals surface area (Å²) < 4.78 is 7.64. The molecule has 2 amide bonds. The van der Waals surface area contributed by atoms with Gasteiger partial charge in [-0.25, -0.2) is 9.97 Å². The van der Waals surface area contributed by atoms with E-state index in [9.17, 15) is 9.59 Å². The second-order valence-electron chi connectivity index (χ2n) is 10.7. The Morgan fingerprint density at radius 2 is 2.00 bits per heavy atom. The molecule has 0 unspecified atom stereocenters. The van der Waals surface area contributed by atoms with Crippen LogP contribution in [0.25, 0.3) is 11.2 Å². The van der Waals surface area contributed by atoms with Crippen LogP contribution in [0.2, 0.25) is 30.8 Å². The SMILES string of the molecule is C[Si](C)(C)CCOCn1cc(C(=O)N[C@@H](C(=O)N2CCC(C#N)CC2)C2CC2)c2nc(Cl)cnc21. The number of halogens is 1. The van der Waals surface area contributed by atoms with Crippen LogP contribution in [0.3, 0.4) is 0 Å². The zero-order chi connectivity index (χ0) is 25.2. The van der Waals surface area contributed by atoms with Crippen molar-refractivity contribution >= 4 is 42.7 Å². The number of aromatic nitrogens is 3. The summed E-state index contributed by atoms with van der Waals surface area (Å²) in [5.41, 5.74) is 1.23. The molecule has 3 heterocycles. The number of amides is 2. The summed E-state index contributed by atoms with van der Waals surface area (Å²) in [6.45, 7) is 8.86. The molecule has 1 aliphatic carbocycles. The molecule has 1 saturated carbocycles. The number of likely N-dealkylation sites (tertiary alicyclic amines) is 1. The summed E-state index contributed by atoms with van der Waals surface area (Å²) in [7, 11) is -1.22. The van der Waals surface area contributed by atoms with Crippen molar-refractivity contribution in [3.05, 3.63) is 23.1 Å². The zero-order valence-corrected chi connectivity index (χ0v) is 22.3. The van der Waals surface area contributed by atoms with Crippen molar-refractivity contribution in [2.45, 2.75) is 64.1 Å². The normalized spacial score (nSPS) is 17.9. The molecule has 0 aromatic carbocycles. The van der Waals surface area contributed by atoms with E-state index < -0.39 is 14.1 Å². The van der Waals surface area contributed by atoms with E-state index in [2.05, 4.69) is 41.0 Å². The van der Waals surface area contributed by atoms with Crippen LogP contribution in [0.5, 0.6) is 0 Å². The highest BCUT2D eigenvalue weighted by atomic mass is 35.5. The second-order valence-corrected chi connectivity index (χ2v) is 16.8. The highest BCUT2D eigenvalue weighted by molar-refractivity contribution is 6.76. The van der Waals surface area contributed by atoms with Crippen LogP contribution in [-0.4, -0.2) is 65.1 Å². The number of fused-ring (bicyclic) bond motifs is 1. The number of nitriles is 1. The lowest BCUT2D eigenvalue weighted by atomic mass is 9.97. The Morgan fingerprint density at radius 1 is 1.29 bits per heavy atom. The minimum Gasteiger partial charge on any atom is -0.361 e. The third-order valence-corrected chi connectivity index (χ3v) is 8.53. The van der Waals surface area contributed by atoms with Gasteiger partial charge in [0.1, 0.15) is 23.4 Å². The number of nitrogens with zero attached hydrogens (tertiary/aromatic N) is 5. The van der Waals surface area contributed by atoms with Gasteiger partial charge in [0.15, 0.2) is 5.65 Å². The van der Waals surface area contributed by atoms with Gasteiger partial charge >= 0.3 is 0 Å². The maximum absolute atomic E-state index is 13.4. The van der Waals surface area contributed by atoms with E-state index in [4.69, 9.17) is 21.6 Å². The van der Waals surface area contributed by atoms with Crippen molar-refractivity contribution in [2.24, 2.45) is 11.8 Å². The molecular formula is C24H33ClN6O3Si. The monoisotopic (exact) mass is 516 g/mol. The second kappa shape index (κ2) is 10.6. The lowest BCUT2D eigenvalue weighted by Crippen LogP contribution is -2.51. The predicted molar refractivity (Wildman–Crippen MR) is 136 cm³/mol. The Hall–Kier alpha value is -2.48. The molecule has 188 valence electrons. The van der Waals surface area contributed by atoms with Crippen LogP contribution < -0.4 is 5.32 Å². The molecule has 0 bridgehead atoms. The van der Waals surface area contributed by atoms with Crippen LogP contribution in [0.4, 0.5) is 0 Å². The topological polar surface area (TPSA) is 113 Å². The Kier molecular flexibility index (Phi) is 7.79. The van der Waals surface area contributed by atoms with Crippen LogP contribution in [0.1, 0.15) is 36.0 Å². The highest BCUT2D eigenvalue weighted by Crippen LogP contribution is 2.34. The van der Waals surface area contributed by atoms with E-state index in [-0.39, 0.29) is 35.5 Å². The van der Waals surface area contributed by atoms with Gasteiger partial charge in [-0.2, -0.15) is 5.26 Å². The summed E-state index contributed by atoms with van der Waals surface area (Å²) in [6, 6.07) is 2.74. The number of rotatable bonds is 9. The lowest BCUT2D eigenvalue weighted by Gasteiger charge is -2.32. The molecule has 2 fully saturated rings. The Balaban J connectivity index is 1.49. The molecule has 1 saturated heterocycles. The number of hydrogen-bond acceptors (Lipinski definition) is 6. The third-order valence-electron chi connectivity index (χ3n) is 6.64. The van der Waals surface area contributed by atoms with E-state index in [0.29, 0.717) is 49.3 Å². The van der Waals surface area contributed by atoms with Crippen molar-refractivity contribution in [3.63, 3.8) is 0 Å². The van der Waals surface area contributed by atoms with E-state index in [1.54, 1.807) is 15.7 Å². The first-order valence-electron chi connectivity index (χ1n) is 12.2. The number of carbonyl (C=O) groups is 2. The maximum atomic E-state index is 13.4. The zero-order valence-electron chi connectivity index (χ0n) is 20.6. The average Bonchev–Trinajstić information content (AvgIpc) is 3.60. The largest absolute Gasteiger partial charge is 0.361 e. The number of hydrogen-bond donors (Lipinski definition) is 1. The molecule has 2 aromatic rings. The lowest BCUT2D eigenvalue weighted by molar-refractivity contribution is -0.135. The molecular weight excluding hydrogens is 484 g/mol. The summed E-state index contributed by atoms with van der Waals surface area (Å²) in [4.78, 5) is 37.2. The molecule has 2 aromatic heterocycles. The van der Waals surface area contributed by atoms with Gasteiger partial charge in [0.2, 0.25) is 5.91 Å². The summed E-state index contributed by atoms with van der Waals surface area (Å²) >= 11 is 6.10. The maximum Gasteiger partial charge on any atom is 0.255 e. The minimum atomic E-state index is -1.22. The molecule has 1 atom stereocenters. The van der Waals surface area contributed by atoms with Crippen LogP contribution in [0, 0.1) is 23.2 Å². The first kappa shape index (κ1) is 25.6. The van der Waals surface area contributed by atoms with E-state index in [0.717, 1.165) is 18.9 Å². The third kappa shape index (κ3) is 6.40. The van der Waals surface area contributed by atoms with Gasteiger partial charge in [0, 0.05) is 39.9 Å². The molecule has 2 aliphatic rings. The number of nitrogens with one attached hydrogen (secondary N) is 1. The van der Waals surface area contributed by atoms with Gasteiger partial charge in [-0.3, -0.25) is 9.59 Å². The quantitative estimate of drug-likeness (QED) is 0.402. The Morgan fingerprint density at radius 3 is 2.63 bits per heavy atom. The Labute approximate surface area is 211 Å². The number of carbonyl (C=O) groups excluding carboxylic acids is 2. The van der Waals surface area contributed by atoms with E-state index in [1.165, 1.54) is 6.20 Å². The van der Waals surface area contributed by atoms with E-state index >= 15 is 0 Å². The van der Waals surface area contributed by atoms with Crippen molar-refractivity contribution in [1.82, 2.24) is 24.8 Å². The van der Waals surface area contributed by atoms with Crippen LogP contribution in [0.15, 0.2) is 12.4 Å². The average molecular weight is 517 g/mol. The van der Waals surface area contributed by atoms with Gasteiger partial charge in [-0.15, -0.1) is 0 Å². The molecule has 0 spiro atoms. The molecule has 0 radical (unpaired) electrons. The molecule has 1 N–H and O–H groups in total. The molecule has 9 nitrogen and oxygen atoms in total. The van der Waals surface area contributed by atoms with Gasteiger partial charge < -0.3 is 19.5 Å². The fraction of sp³-hybridized carbons (Fsp3) is 0.625. The fourth-order valence-corrected chi connectivity index (χ4v) is 5.18. The van der Waals surface area contributed by atoms with Crippen molar-refractivity contribution in [1.29, 1.82) is 5.26 Å². The summed E-state index contributed by atoms with van der Waals surface area (Å²) in [6.07, 6.45) is 6.29. The molecule has 35 heavy (non-hydrogen) atoms. The van der Waals surface area contributed by atoms with E-state index in [1.807, 2.05) is 0 Å². The predicted octanol–water partition coefficient (Wildman–Crippen LogP) is 3.67. The van der Waals surface area contributed by atoms with Gasteiger partial charge in [0.25, 0.3) is 5.91 Å². The molecule has 1 aliphatic heterocycles. The first-order valence-corrected chi connectivity index (χ1v) is 16.3. The van der Waals surface area contributed by atoms with Gasteiger partial charge in [-0.05, 0) is 37.6 Å². The van der Waals surface area contributed by atoms with Crippen molar-refractivity contribution in [3.8, 4) is 6.07 Å². The fourth-order valence-electron chi connectivity index (χ4n) is 4.29. The van der Waals surface area contributed by atoms with Gasteiger partial charge in [-0.1, -0.05) is 31.2 Å². The van der Waals surface area contributed by atoms with Crippen molar-refractivity contribution in [2.75, 3.05) is 19.7 Å². The minimum absolute atomic E-state index is 0.00423. The number of ether oxygens (including phenoxy) is 1. The van der Waals surface area contributed by atoms with Gasteiger partial charge in [0.05, 0.1) is 17.8 Å². The summed E-state index contributed by atoms with van der Waals surface area (Å²) in [5, 5.41) is 12.3. The number of piperidine rings is 1. The first-order chi connectivity index (χ1) is 16.7. The highest BCUT2D eigenvalue weighted by Gasteiger charge is 2.40. The van der Waals surface area contributed by atoms with Crippen LogP contribution >= 0.6 is 11.6 Å². The molecule has 4 rings (SSSR count). The Bertz CT molecular complexity index is 1130. The summed E-state index contributed by atoms with van der Waals surface area (Å²) in [5.74, 6) is -0.312. The standard InChI is InChI=1S/C24H33ClN6O3Si/c1-35(2,3)11-10-34-15-31-14-18(21-22(31)27-13-19(25)28-21)23(32)29-20(17-4-5-17)24(33)30-8-6-16(12-26)7-9-30/h13-14,16-17,20H,4-11,15H2,1-3H3,(H,29,32)/t20-/m1/s1. The molecule has 11 heteroatoms. The van der Waals surface area contributed by atoms with Crippen molar-refractivity contribution < 1.29 is 14.3 Å².